The topological polar surface area (TPSA) is 75.6 Å². The summed E-state index contributed by atoms with van der Waals surface area (Å²) in [5, 5.41) is 15.3. The molecule has 178 valence electrons. The summed E-state index contributed by atoms with van der Waals surface area (Å²) in [4.78, 5) is 24.1. The number of hydrogen-bond acceptors (Lipinski definition) is 4. The molecule has 4 rings (SSSR count). The van der Waals surface area contributed by atoms with Crippen molar-refractivity contribution >= 4 is 39.8 Å². The highest BCUT2D eigenvalue weighted by Gasteiger charge is 2.17. The first kappa shape index (κ1) is 24.3. The second-order valence-electron chi connectivity index (χ2n) is 8.42. The zero-order valence-corrected chi connectivity index (χ0v) is 20.1. The molecular weight excluding hydrogens is 462 g/mol. The molecule has 0 aliphatic rings. The lowest BCUT2D eigenvalue weighted by Gasteiger charge is -2.20. The summed E-state index contributed by atoms with van der Waals surface area (Å²) in [7, 11) is 1.65. The lowest BCUT2D eigenvalue weighted by atomic mass is 9.97. The number of methoxy groups -OCH3 is 1. The number of benzene rings is 4. The number of aryl methyl sites for hydroxylation is 1. The summed E-state index contributed by atoms with van der Waals surface area (Å²) in [5.74, 6) is -0.0259. The average molecular weight is 488 g/mol. The summed E-state index contributed by atoms with van der Waals surface area (Å²) in [6.45, 7) is 0. The molecule has 1 atom stereocenters. The fraction of sp³-hybridized carbons (Fsp3) is 0.172. The number of carboxylic acids is 1. The minimum Gasteiger partial charge on any atom is -0.497 e. The zero-order chi connectivity index (χ0) is 24.8. The van der Waals surface area contributed by atoms with Gasteiger partial charge in [-0.3, -0.25) is 4.79 Å². The number of ketones is 1. The monoisotopic (exact) mass is 487 g/mol. The fourth-order valence-electron chi connectivity index (χ4n) is 4.03. The zero-order valence-electron chi connectivity index (χ0n) is 19.3. The van der Waals surface area contributed by atoms with E-state index in [1.165, 1.54) is 0 Å². The van der Waals surface area contributed by atoms with Crippen LogP contribution in [0.15, 0.2) is 84.9 Å². The molecule has 0 fully saturated rings. The molecule has 4 aromatic carbocycles. The third kappa shape index (κ3) is 6.40. The van der Waals surface area contributed by atoms with E-state index in [9.17, 15) is 9.59 Å². The summed E-state index contributed by atoms with van der Waals surface area (Å²) in [6.07, 6.45) is 1.37. The highest BCUT2D eigenvalue weighted by molar-refractivity contribution is 6.30. The number of rotatable bonds is 10. The minimum atomic E-state index is -0.978. The molecule has 35 heavy (non-hydrogen) atoms. The SMILES string of the molecule is COc1ccc2cc(CCC(=O)CC(Nc3ccc(C(=O)O)cc3)c3ccc(Cl)cc3)ccc2c1. The highest BCUT2D eigenvalue weighted by atomic mass is 35.5. The van der Waals surface area contributed by atoms with Gasteiger partial charge in [-0.2, -0.15) is 0 Å². The summed E-state index contributed by atoms with van der Waals surface area (Å²) in [6, 6.07) is 25.8. The fourth-order valence-corrected chi connectivity index (χ4v) is 4.15. The Morgan fingerprint density at radius 2 is 1.60 bits per heavy atom. The Morgan fingerprint density at radius 3 is 2.29 bits per heavy atom. The van der Waals surface area contributed by atoms with Crippen molar-refractivity contribution in [1.82, 2.24) is 0 Å². The van der Waals surface area contributed by atoms with Crippen LogP contribution in [-0.2, 0) is 11.2 Å². The third-order valence-electron chi connectivity index (χ3n) is 5.98. The van der Waals surface area contributed by atoms with Gasteiger partial charge in [0.05, 0.1) is 18.7 Å². The van der Waals surface area contributed by atoms with E-state index in [1.54, 1.807) is 43.5 Å². The first-order valence-corrected chi connectivity index (χ1v) is 11.7. The van der Waals surface area contributed by atoms with E-state index in [-0.39, 0.29) is 17.4 Å². The molecule has 0 radical (unpaired) electrons. The van der Waals surface area contributed by atoms with Gasteiger partial charge in [0.2, 0.25) is 0 Å². The van der Waals surface area contributed by atoms with Gasteiger partial charge in [-0.05, 0) is 76.9 Å². The first-order valence-electron chi connectivity index (χ1n) is 11.3. The maximum atomic E-state index is 13.0. The van der Waals surface area contributed by atoms with E-state index < -0.39 is 5.97 Å². The van der Waals surface area contributed by atoms with Gasteiger partial charge in [0.25, 0.3) is 0 Å². The number of aromatic carboxylic acids is 1. The van der Waals surface area contributed by atoms with Gasteiger partial charge in [-0.25, -0.2) is 4.79 Å². The maximum absolute atomic E-state index is 13.0. The van der Waals surface area contributed by atoms with E-state index in [2.05, 4.69) is 17.4 Å². The predicted octanol–water partition coefficient (Wildman–Crippen LogP) is 6.95. The van der Waals surface area contributed by atoms with Gasteiger partial charge >= 0.3 is 5.97 Å². The first-order chi connectivity index (χ1) is 16.9. The molecule has 0 aliphatic carbocycles. The van der Waals surface area contributed by atoms with Crippen LogP contribution in [0.1, 0.15) is 40.4 Å². The smallest absolute Gasteiger partial charge is 0.335 e. The van der Waals surface area contributed by atoms with Crippen LogP contribution in [0.2, 0.25) is 5.02 Å². The Kier molecular flexibility index (Phi) is 7.68. The normalized spacial score (nSPS) is 11.7. The number of Topliss-reactive ketones (excluding diaryl/α,β-unsaturated/α-hetero) is 1. The molecular formula is C29H26ClNO4. The Labute approximate surface area is 209 Å². The van der Waals surface area contributed by atoms with Gasteiger partial charge in [0.15, 0.2) is 0 Å². The van der Waals surface area contributed by atoms with Gasteiger partial charge in [0.1, 0.15) is 11.5 Å². The number of fused-ring (bicyclic) bond motifs is 1. The number of halogens is 1. The molecule has 0 spiro atoms. The van der Waals surface area contributed by atoms with Gasteiger partial charge in [0, 0.05) is 23.6 Å². The number of hydrogen-bond donors (Lipinski definition) is 2. The van der Waals surface area contributed by atoms with Crippen LogP contribution in [0, 0.1) is 0 Å². The molecule has 0 aliphatic heterocycles. The second kappa shape index (κ2) is 11.1. The number of carboxylic acid groups (broad SMARTS) is 1. The van der Waals surface area contributed by atoms with E-state index in [0.29, 0.717) is 24.3 Å². The minimum absolute atomic E-state index is 0.134. The lowest BCUT2D eigenvalue weighted by Crippen LogP contribution is -2.16. The molecule has 0 saturated carbocycles. The highest BCUT2D eigenvalue weighted by Crippen LogP contribution is 2.26. The summed E-state index contributed by atoms with van der Waals surface area (Å²) < 4.78 is 5.29. The van der Waals surface area contributed by atoms with E-state index in [0.717, 1.165) is 33.3 Å². The van der Waals surface area contributed by atoms with Crippen molar-refractivity contribution in [3.8, 4) is 5.75 Å². The van der Waals surface area contributed by atoms with Crippen molar-refractivity contribution in [3.05, 3.63) is 107 Å². The Morgan fingerprint density at radius 1 is 0.914 bits per heavy atom. The van der Waals surface area contributed by atoms with Crippen LogP contribution in [0.25, 0.3) is 10.8 Å². The van der Waals surface area contributed by atoms with Crippen molar-refractivity contribution in [1.29, 1.82) is 0 Å². The van der Waals surface area contributed by atoms with Crippen molar-refractivity contribution in [2.45, 2.75) is 25.3 Å². The van der Waals surface area contributed by atoms with Crippen molar-refractivity contribution in [2.24, 2.45) is 0 Å². The quantitative estimate of drug-likeness (QED) is 0.253. The number of carbonyl (C=O) groups excluding carboxylic acids is 1. The van der Waals surface area contributed by atoms with Crippen LogP contribution in [-0.4, -0.2) is 24.0 Å². The maximum Gasteiger partial charge on any atom is 0.335 e. The molecule has 0 heterocycles. The number of carbonyl (C=O) groups is 2. The van der Waals surface area contributed by atoms with Gasteiger partial charge in [-0.1, -0.05) is 48.0 Å². The summed E-state index contributed by atoms with van der Waals surface area (Å²) >= 11 is 6.06. The van der Waals surface area contributed by atoms with Crippen LogP contribution in [0.3, 0.4) is 0 Å². The molecule has 5 nitrogen and oxygen atoms in total. The Hall–Kier alpha value is -3.83. The molecule has 2 N–H and O–H groups in total. The van der Waals surface area contributed by atoms with Crippen LogP contribution < -0.4 is 10.1 Å². The second-order valence-corrected chi connectivity index (χ2v) is 8.86. The summed E-state index contributed by atoms with van der Waals surface area (Å²) in [5.41, 5.74) is 3.00. The largest absolute Gasteiger partial charge is 0.497 e. The molecule has 0 amide bonds. The van der Waals surface area contributed by atoms with E-state index in [1.807, 2.05) is 36.4 Å². The number of ether oxygens (including phenoxy) is 1. The molecule has 6 heteroatoms. The van der Waals surface area contributed by atoms with Gasteiger partial charge in [-0.15, -0.1) is 0 Å². The molecule has 0 saturated heterocycles. The van der Waals surface area contributed by atoms with E-state index >= 15 is 0 Å². The average Bonchev–Trinajstić information content (AvgIpc) is 2.87. The molecule has 0 bridgehead atoms. The number of nitrogens with one attached hydrogen (secondary N) is 1. The molecule has 4 aromatic rings. The van der Waals surface area contributed by atoms with Crippen molar-refractivity contribution in [2.75, 3.05) is 12.4 Å². The van der Waals surface area contributed by atoms with Crippen LogP contribution in [0.5, 0.6) is 5.75 Å². The van der Waals surface area contributed by atoms with E-state index in [4.69, 9.17) is 21.4 Å². The Bertz CT molecular complexity index is 1330. The number of anilines is 1. The predicted molar refractivity (Wildman–Crippen MR) is 140 cm³/mol. The van der Waals surface area contributed by atoms with Crippen molar-refractivity contribution in [3.63, 3.8) is 0 Å². The van der Waals surface area contributed by atoms with Crippen molar-refractivity contribution < 1.29 is 19.4 Å². The van der Waals surface area contributed by atoms with Gasteiger partial charge < -0.3 is 15.2 Å². The molecule has 0 aromatic heterocycles. The lowest BCUT2D eigenvalue weighted by molar-refractivity contribution is -0.119. The van der Waals surface area contributed by atoms with Crippen LogP contribution >= 0.6 is 11.6 Å². The molecule has 1 unspecified atom stereocenters. The standard InChI is InChI=1S/C29H26ClNO4/c1-35-27-15-9-22-16-19(2-4-23(22)17-27)3-14-26(32)18-28(20-5-10-24(30)11-6-20)31-25-12-7-21(8-13-25)29(33)34/h2,4-13,15-17,28,31H,3,14,18H2,1H3,(H,33,34). The third-order valence-corrected chi connectivity index (χ3v) is 6.23. The van der Waals surface area contributed by atoms with Crippen LogP contribution in [0.4, 0.5) is 5.69 Å². The Balaban J connectivity index is 1.45.